The zero-order chi connectivity index (χ0) is 11.7. The normalized spacial score (nSPS) is 14.9. The van der Waals surface area contributed by atoms with E-state index in [0.29, 0.717) is 6.04 Å². The van der Waals surface area contributed by atoms with E-state index in [0.717, 1.165) is 32.5 Å². The van der Waals surface area contributed by atoms with Gasteiger partial charge in [-0.05, 0) is 19.8 Å². The van der Waals surface area contributed by atoms with Gasteiger partial charge in [0.05, 0.1) is 18.7 Å². The number of nitrogens with zero attached hydrogens (tertiary/aromatic N) is 2. The van der Waals surface area contributed by atoms with Gasteiger partial charge in [0, 0.05) is 26.2 Å². The Kier molecular flexibility index (Phi) is 8.30. The summed E-state index contributed by atoms with van der Waals surface area (Å²) >= 11 is 0. The highest BCUT2D eigenvalue weighted by atomic mass is 16.5. The molecule has 0 aromatic rings. The van der Waals surface area contributed by atoms with Gasteiger partial charge in [-0.15, -0.1) is 0 Å². The quantitative estimate of drug-likeness (QED) is 0.652. The topological polar surface area (TPSA) is 62.3 Å². The van der Waals surface area contributed by atoms with E-state index in [-0.39, 0.29) is 6.04 Å². The van der Waals surface area contributed by atoms with Crippen molar-refractivity contribution < 1.29 is 4.74 Å². The molecule has 0 aliphatic rings. The number of nitrogens with two attached hydrogens (primary N) is 1. The highest BCUT2D eigenvalue weighted by Gasteiger charge is 2.12. The van der Waals surface area contributed by atoms with Crippen molar-refractivity contribution in [2.24, 2.45) is 5.73 Å². The molecule has 0 rings (SSSR count). The van der Waals surface area contributed by atoms with Crippen LogP contribution in [0.25, 0.3) is 0 Å². The largest absolute Gasteiger partial charge is 0.383 e. The summed E-state index contributed by atoms with van der Waals surface area (Å²) in [7, 11) is 1.70. The Morgan fingerprint density at radius 1 is 1.47 bits per heavy atom. The molecule has 88 valence electrons. The highest BCUT2D eigenvalue weighted by Crippen LogP contribution is 2.04. The lowest BCUT2D eigenvalue weighted by molar-refractivity contribution is 0.121. The molecule has 0 fully saturated rings. The van der Waals surface area contributed by atoms with Crippen LogP contribution in [0, 0.1) is 11.3 Å². The van der Waals surface area contributed by atoms with E-state index in [1.54, 1.807) is 7.11 Å². The minimum Gasteiger partial charge on any atom is -0.383 e. The second-order valence-electron chi connectivity index (χ2n) is 3.81. The van der Waals surface area contributed by atoms with Gasteiger partial charge in [-0.3, -0.25) is 4.90 Å². The fraction of sp³-hybridized carbons (Fsp3) is 0.909. The van der Waals surface area contributed by atoms with E-state index in [9.17, 15) is 0 Å². The average Bonchev–Trinajstić information content (AvgIpc) is 2.27. The monoisotopic (exact) mass is 213 g/mol. The maximum Gasteiger partial charge on any atom is 0.0940 e. The van der Waals surface area contributed by atoms with Gasteiger partial charge in [-0.2, -0.15) is 5.26 Å². The summed E-state index contributed by atoms with van der Waals surface area (Å²) < 4.78 is 5.06. The zero-order valence-corrected chi connectivity index (χ0v) is 10.1. The summed E-state index contributed by atoms with van der Waals surface area (Å²) in [5.74, 6) is 0. The summed E-state index contributed by atoms with van der Waals surface area (Å²) in [6.07, 6.45) is 1.83. The number of nitriles is 1. The van der Waals surface area contributed by atoms with Crippen molar-refractivity contribution in [2.75, 3.05) is 26.8 Å². The summed E-state index contributed by atoms with van der Waals surface area (Å²) in [6, 6.07) is 2.22. The van der Waals surface area contributed by atoms with Crippen molar-refractivity contribution in [1.82, 2.24) is 4.90 Å². The van der Waals surface area contributed by atoms with E-state index >= 15 is 0 Å². The maximum absolute atomic E-state index is 8.60. The van der Waals surface area contributed by atoms with Crippen molar-refractivity contribution in [3.05, 3.63) is 0 Å². The van der Waals surface area contributed by atoms with E-state index < -0.39 is 0 Å². The molecule has 0 spiro atoms. The van der Waals surface area contributed by atoms with Gasteiger partial charge in [-0.25, -0.2) is 0 Å². The Morgan fingerprint density at radius 2 is 2.13 bits per heavy atom. The van der Waals surface area contributed by atoms with Crippen LogP contribution in [0.15, 0.2) is 0 Å². The molecule has 4 nitrogen and oxygen atoms in total. The smallest absolute Gasteiger partial charge is 0.0940 e. The van der Waals surface area contributed by atoms with Crippen LogP contribution < -0.4 is 5.73 Å². The number of ether oxygens (including phenoxy) is 1. The molecule has 0 heterocycles. The highest BCUT2D eigenvalue weighted by molar-refractivity contribution is 4.87. The minimum atomic E-state index is -0.348. The first-order chi connectivity index (χ1) is 7.15. The standard InChI is InChI=1S/C11H23N3O/c1-4-10(2)14(7-8-15-3)6-5-11(13)9-12/h10-11H,4-8,13H2,1-3H3. The lowest BCUT2D eigenvalue weighted by Crippen LogP contribution is -2.38. The van der Waals surface area contributed by atoms with Crippen molar-refractivity contribution in [3.63, 3.8) is 0 Å². The van der Waals surface area contributed by atoms with Gasteiger partial charge in [0.1, 0.15) is 0 Å². The molecule has 2 N–H and O–H groups in total. The Hall–Kier alpha value is -0.630. The molecule has 0 aliphatic heterocycles. The van der Waals surface area contributed by atoms with E-state index in [4.69, 9.17) is 15.7 Å². The maximum atomic E-state index is 8.60. The predicted octanol–water partition coefficient (Wildman–Crippen LogP) is 0.974. The van der Waals surface area contributed by atoms with Gasteiger partial charge in [0.2, 0.25) is 0 Å². The molecular weight excluding hydrogens is 190 g/mol. The molecule has 15 heavy (non-hydrogen) atoms. The molecule has 0 aromatic heterocycles. The van der Waals surface area contributed by atoms with Gasteiger partial charge < -0.3 is 10.5 Å². The molecule has 2 atom stereocenters. The van der Waals surface area contributed by atoms with E-state index in [1.807, 2.05) is 0 Å². The predicted molar refractivity (Wildman–Crippen MR) is 61.4 cm³/mol. The summed E-state index contributed by atoms with van der Waals surface area (Å²) in [6.45, 7) is 6.85. The van der Waals surface area contributed by atoms with Crippen LogP contribution in [0.2, 0.25) is 0 Å². The zero-order valence-electron chi connectivity index (χ0n) is 10.1. The van der Waals surface area contributed by atoms with Crippen molar-refractivity contribution >= 4 is 0 Å². The lowest BCUT2D eigenvalue weighted by Gasteiger charge is -2.28. The average molecular weight is 213 g/mol. The van der Waals surface area contributed by atoms with Gasteiger partial charge >= 0.3 is 0 Å². The van der Waals surface area contributed by atoms with Crippen molar-refractivity contribution in [3.8, 4) is 6.07 Å². The fourth-order valence-electron chi connectivity index (χ4n) is 1.39. The molecular formula is C11H23N3O. The third kappa shape index (κ3) is 6.45. The number of methoxy groups -OCH3 is 1. The molecule has 2 unspecified atom stereocenters. The van der Waals surface area contributed by atoms with Gasteiger partial charge in [-0.1, -0.05) is 6.92 Å². The summed E-state index contributed by atoms with van der Waals surface area (Å²) in [4.78, 5) is 2.32. The van der Waals surface area contributed by atoms with Crippen LogP contribution in [0.5, 0.6) is 0 Å². The summed E-state index contributed by atoms with van der Waals surface area (Å²) in [5, 5.41) is 8.60. The van der Waals surface area contributed by atoms with E-state index in [1.165, 1.54) is 0 Å². The first kappa shape index (κ1) is 14.4. The minimum absolute atomic E-state index is 0.348. The Bertz CT molecular complexity index is 191. The molecule has 0 amide bonds. The van der Waals surface area contributed by atoms with Crippen LogP contribution in [0.3, 0.4) is 0 Å². The van der Waals surface area contributed by atoms with E-state index in [2.05, 4.69) is 24.8 Å². The molecule has 0 bridgehead atoms. The van der Waals surface area contributed by atoms with Gasteiger partial charge in [0.15, 0.2) is 0 Å². The molecule has 4 heteroatoms. The SMILES string of the molecule is CCC(C)N(CCOC)CCC(N)C#N. The van der Waals surface area contributed by atoms with Crippen LogP contribution >= 0.6 is 0 Å². The summed E-state index contributed by atoms with van der Waals surface area (Å²) in [5.41, 5.74) is 5.57. The lowest BCUT2D eigenvalue weighted by atomic mass is 10.1. The number of hydrogen-bond acceptors (Lipinski definition) is 4. The third-order valence-electron chi connectivity index (χ3n) is 2.69. The first-order valence-electron chi connectivity index (χ1n) is 5.53. The molecule has 0 aliphatic carbocycles. The number of hydrogen-bond donors (Lipinski definition) is 1. The van der Waals surface area contributed by atoms with Crippen LogP contribution in [0.1, 0.15) is 26.7 Å². The van der Waals surface area contributed by atoms with Crippen molar-refractivity contribution in [1.29, 1.82) is 5.26 Å². The van der Waals surface area contributed by atoms with Gasteiger partial charge in [0.25, 0.3) is 0 Å². The fourth-order valence-corrected chi connectivity index (χ4v) is 1.39. The first-order valence-corrected chi connectivity index (χ1v) is 5.53. The third-order valence-corrected chi connectivity index (χ3v) is 2.69. The van der Waals surface area contributed by atoms with Crippen LogP contribution in [0.4, 0.5) is 0 Å². The second kappa shape index (κ2) is 8.66. The Labute approximate surface area is 93.0 Å². The molecule has 0 radical (unpaired) electrons. The second-order valence-corrected chi connectivity index (χ2v) is 3.81. The van der Waals surface area contributed by atoms with Crippen LogP contribution in [-0.4, -0.2) is 43.8 Å². The molecule has 0 aromatic carbocycles. The Morgan fingerprint density at radius 3 is 2.60 bits per heavy atom. The Balaban J connectivity index is 3.95. The number of rotatable bonds is 8. The molecule has 0 saturated heterocycles. The van der Waals surface area contributed by atoms with Crippen molar-refractivity contribution in [2.45, 2.75) is 38.8 Å². The molecule has 0 saturated carbocycles. The van der Waals surface area contributed by atoms with Crippen LogP contribution in [-0.2, 0) is 4.74 Å².